The molecule has 0 saturated carbocycles. The van der Waals surface area contributed by atoms with E-state index in [4.69, 9.17) is 0 Å². The molecule has 6 heteroatoms. The number of carbonyl (C=O) groups is 1. The van der Waals surface area contributed by atoms with Crippen LogP contribution in [0.1, 0.15) is 17.3 Å². The molecular weight excluding hydrogens is 324 g/mol. The first kappa shape index (κ1) is 17.7. The van der Waals surface area contributed by atoms with E-state index in [0.29, 0.717) is 24.3 Å². The molecule has 0 saturated heterocycles. The van der Waals surface area contributed by atoms with E-state index in [-0.39, 0.29) is 10.8 Å². The molecule has 0 heterocycles. The lowest BCUT2D eigenvalue weighted by Crippen LogP contribution is -2.30. The van der Waals surface area contributed by atoms with E-state index in [0.717, 1.165) is 0 Å². The molecule has 126 valence electrons. The van der Waals surface area contributed by atoms with Gasteiger partial charge >= 0.3 is 0 Å². The first-order chi connectivity index (χ1) is 11.5. The van der Waals surface area contributed by atoms with Gasteiger partial charge in [-0.3, -0.25) is 9.10 Å². The third kappa shape index (κ3) is 3.83. The molecule has 0 unspecified atom stereocenters. The summed E-state index contributed by atoms with van der Waals surface area (Å²) in [4.78, 5) is 12.1. The second-order valence-electron chi connectivity index (χ2n) is 5.03. The molecule has 1 amide bonds. The Morgan fingerprint density at radius 1 is 1.12 bits per heavy atom. The van der Waals surface area contributed by atoms with Gasteiger partial charge in [0.1, 0.15) is 0 Å². The Kier molecular flexibility index (Phi) is 5.76. The third-order valence-electron chi connectivity index (χ3n) is 3.44. The Labute approximate surface area is 142 Å². The second-order valence-corrected chi connectivity index (χ2v) is 6.89. The molecule has 0 spiro atoms. The van der Waals surface area contributed by atoms with Crippen LogP contribution in [0.15, 0.2) is 72.1 Å². The molecule has 2 aromatic carbocycles. The Bertz CT molecular complexity index is 800. The van der Waals surface area contributed by atoms with Crippen LogP contribution in [0.5, 0.6) is 0 Å². The zero-order valence-corrected chi connectivity index (χ0v) is 14.3. The number of nitrogens with zero attached hydrogens (tertiary/aromatic N) is 1. The van der Waals surface area contributed by atoms with Gasteiger partial charge in [-0.2, -0.15) is 0 Å². The number of hydrogen-bond donors (Lipinski definition) is 1. The van der Waals surface area contributed by atoms with Crippen molar-refractivity contribution in [2.75, 3.05) is 17.4 Å². The van der Waals surface area contributed by atoms with E-state index in [1.54, 1.807) is 67.6 Å². The van der Waals surface area contributed by atoms with Crippen LogP contribution in [-0.4, -0.2) is 27.4 Å². The second kappa shape index (κ2) is 7.79. The SMILES string of the molecule is C=CCNC(=O)c1ccc(N(CC)S(=O)(=O)c2ccccc2)cc1. The van der Waals surface area contributed by atoms with Crippen LogP contribution >= 0.6 is 0 Å². The predicted octanol–water partition coefficient (Wildman–Crippen LogP) is 2.82. The van der Waals surface area contributed by atoms with Crippen molar-refractivity contribution in [1.82, 2.24) is 5.32 Å². The lowest BCUT2D eigenvalue weighted by molar-refractivity contribution is 0.0958. The van der Waals surface area contributed by atoms with Gasteiger partial charge in [0.25, 0.3) is 15.9 Å². The van der Waals surface area contributed by atoms with Crippen LogP contribution < -0.4 is 9.62 Å². The van der Waals surface area contributed by atoms with Crippen molar-refractivity contribution in [3.63, 3.8) is 0 Å². The first-order valence-corrected chi connectivity index (χ1v) is 9.01. The van der Waals surface area contributed by atoms with Crippen molar-refractivity contribution in [2.24, 2.45) is 0 Å². The molecule has 2 aromatic rings. The minimum absolute atomic E-state index is 0.226. The van der Waals surface area contributed by atoms with Crippen LogP contribution in [0, 0.1) is 0 Å². The van der Waals surface area contributed by atoms with E-state index in [2.05, 4.69) is 11.9 Å². The summed E-state index contributed by atoms with van der Waals surface area (Å²) in [7, 11) is -3.63. The van der Waals surface area contributed by atoms with Crippen LogP contribution in [0.25, 0.3) is 0 Å². The molecule has 1 N–H and O–H groups in total. The highest BCUT2D eigenvalue weighted by molar-refractivity contribution is 7.92. The van der Waals surface area contributed by atoms with E-state index in [1.807, 2.05) is 0 Å². The van der Waals surface area contributed by atoms with Gasteiger partial charge in [-0.1, -0.05) is 24.3 Å². The van der Waals surface area contributed by atoms with E-state index in [1.165, 1.54) is 4.31 Å². The number of rotatable bonds is 7. The van der Waals surface area contributed by atoms with Crippen molar-refractivity contribution in [1.29, 1.82) is 0 Å². The first-order valence-electron chi connectivity index (χ1n) is 7.57. The maximum atomic E-state index is 12.8. The summed E-state index contributed by atoms with van der Waals surface area (Å²) < 4.78 is 26.8. The summed E-state index contributed by atoms with van der Waals surface area (Å²) in [5, 5.41) is 2.68. The number of sulfonamides is 1. The molecule has 5 nitrogen and oxygen atoms in total. The molecule has 0 aliphatic rings. The molecule has 0 aliphatic heterocycles. The summed E-state index contributed by atoms with van der Waals surface area (Å²) in [5.74, 6) is -0.226. The number of anilines is 1. The highest BCUT2D eigenvalue weighted by Gasteiger charge is 2.23. The number of carbonyl (C=O) groups excluding carboxylic acids is 1. The third-order valence-corrected chi connectivity index (χ3v) is 5.36. The van der Waals surface area contributed by atoms with E-state index >= 15 is 0 Å². The van der Waals surface area contributed by atoms with Gasteiger partial charge in [-0.25, -0.2) is 8.42 Å². The van der Waals surface area contributed by atoms with Gasteiger partial charge in [0, 0.05) is 18.7 Å². The summed E-state index contributed by atoms with van der Waals surface area (Å²) >= 11 is 0. The molecule has 2 rings (SSSR count). The fourth-order valence-corrected chi connectivity index (χ4v) is 3.75. The Morgan fingerprint density at radius 2 is 1.75 bits per heavy atom. The number of amides is 1. The number of nitrogens with one attached hydrogen (secondary N) is 1. The smallest absolute Gasteiger partial charge is 0.264 e. The van der Waals surface area contributed by atoms with Gasteiger partial charge in [-0.05, 0) is 43.3 Å². The maximum Gasteiger partial charge on any atom is 0.264 e. The van der Waals surface area contributed by atoms with Gasteiger partial charge < -0.3 is 5.32 Å². The molecule has 0 radical (unpaired) electrons. The fraction of sp³-hybridized carbons (Fsp3) is 0.167. The lowest BCUT2D eigenvalue weighted by Gasteiger charge is -2.23. The minimum Gasteiger partial charge on any atom is -0.349 e. The molecule has 0 fully saturated rings. The molecule has 0 bridgehead atoms. The average molecular weight is 344 g/mol. The zero-order chi connectivity index (χ0) is 17.6. The van der Waals surface area contributed by atoms with E-state index in [9.17, 15) is 13.2 Å². The highest BCUT2D eigenvalue weighted by Crippen LogP contribution is 2.23. The number of hydrogen-bond acceptors (Lipinski definition) is 3. The average Bonchev–Trinajstić information content (AvgIpc) is 2.61. The van der Waals surface area contributed by atoms with Crippen LogP contribution in [0.2, 0.25) is 0 Å². The molecule has 0 aliphatic carbocycles. The van der Waals surface area contributed by atoms with Crippen molar-refractivity contribution in [3.05, 3.63) is 72.8 Å². The molecule has 24 heavy (non-hydrogen) atoms. The Morgan fingerprint density at radius 3 is 2.29 bits per heavy atom. The van der Waals surface area contributed by atoms with Crippen molar-refractivity contribution in [2.45, 2.75) is 11.8 Å². The van der Waals surface area contributed by atoms with Crippen molar-refractivity contribution >= 4 is 21.6 Å². The summed E-state index contributed by atoms with van der Waals surface area (Å²) in [6, 6.07) is 14.8. The Balaban J connectivity index is 2.28. The van der Waals surface area contributed by atoms with Gasteiger partial charge in [0.15, 0.2) is 0 Å². The molecule has 0 aromatic heterocycles. The highest BCUT2D eigenvalue weighted by atomic mass is 32.2. The van der Waals surface area contributed by atoms with Gasteiger partial charge in [0.05, 0.1) is 10.6 Å². The standard InChI is InChI=1S/C18H20N2O3S/c1-3-14-19-18(21)15-10-12-16(13-11-15)20(4-2)24(22,23)17-8-6-5-7-9-17/h3,5-13H,1,4,14H2,2H3,(H,19,21). The van der Waals surface area contributed by atoms with E-state index < -0.39 is 10.0 Å². The van der Waals surface area contributed by atoms with Crippen LogP contribution in [0.4, 0.5) is 5.69 Å². The monoisotopic (exact) mass is 344 g/mol. The summed E-state index contributed by atoms with van der Waals surface area (Å²) in [6.07, 6.45) is 1.59. The normalized spacial score (nSPS) is 10.9. The predicted molar refractivity (Wildman–Crippen MR) is 95.6 cm³/mol. The minimum atomic E-state index is -3.63. The summed E-state index contributed by atoms with van der Waals surface area (Å²) in [5.41, 5.74) is 0.982. The van der Waals surface area contributed by atoms with Crippen molar-refractivity contribution < 1.29 is 13.2 Å². The van der Waals surface area contributed by atoms with Crippen molar-refractivity contribution in [3.8, 4) is 0 Å². The van der Waals surface area contributed by atoms with Crippen LogP contribution in [0.3, 0.4) is 0 Å². The van der Waals surface area contributed by atoms with Gasteiger partial charge in [0.2, 0.25) is 0 Å². The zero-order valence-electron chi connectivity index (χ0n) is 13.5. The maximum absolute atomic E-state index is 12.8. The molecule has 0 atom stereocenters. The topological polar surface area (TPSA) is 66.5 Å². The number of benzene rings is 2. The lowest BCUT2D eigenvalue weighted by atomic mass is 10.2. The Hall–Kier alpha value is -2.60. The molecular formula is C18H20N2O3S. The summed E-state index contributed by atoms with van der Waals surface area (Å²) in [6.45, 7) is 5.98. The fourth-order valence-electron chi connectivity index (χ4n) is 2.26. The largest absolute Gasteiger partial charge is 0.349 e. The van der Waals surface area contributed by atoms with Gasteiger partial charge in [-0.15, -0.1) is 6.58 Å². The van der Waals surface area contributed by atoms with Crippen LogP contribution in [-0.2, 0) is 10.0 Å². The quantitative estimate of drug-likeness (QED) is 0.786.